The summed E-state index contributed by atoms with van der Waals surface area (Å²) >= 11 is 0. The van der Waals surface area contributed by atoms with Gasteiger partial charge in [-0.2, -0.15) is 0 Å². The summed E-state index contributed by atoms with van der Waals surface area (Å²) in [6, 6.07) is 39.6. The Balaban J connectivity index is 0.670. The van der Waals surface area contributed by atoms with Crippen LogP contribution in [0.15, 0.2) is 134 Å². The number of rotatable bonds is 20. The first-order valence-corrected chi connectivity index (χ1v) is 26.2. The second-order valence-corrected chi connectivity index (χ2v) is 20.5. The van der Waals surface area contributed by atoms with Crippen molar-refractivity contribution in [2.75, 3.05) is 37.4 Å². The molecule has 4 aliphatic rings. The minimum absolute atomic E-state index is 0.0238. The van der Waals surface area contributed by atoms with Crippen LogP contribution in [0.3, 0.4) is 0 Å². The van der Waals surface area contributed by atoms with Crippen molar-refractivity contribution >= 4 is 42.2 Å². The van der Waals surface area contributed by atoms with Crippen LogP contribution in [0.4, 0.5) is 11.6 Å². The monoisotopic (exact) mass is 1050 g/mol. The van der Waals surface area contributed by atoms with E-state index in [2.05, 4.69) is 10.6 Å². The number of benzene rings is 4. The van der Waals surface area contributed by atoms with Crippen molar-refractivity contribution in [2.24, 2.45) is 0 Å². The Labute approximate surface area is 438 Å². The minimum atomic E-state index is -2.64. The van der Waals surface area contributed by atoms with Crippen molar-refractivity contribution in [3.05, 3.63) is 145 Å². The first-order valence-electron chi connectivity index (χ1n) is 25.1. The molecular weight excluding hydrogens is 996 g/mol. The minimum Gasteiger partial charge on any atom is -0.364 e. The van der Waals surface area contributed by atoms with Crippen LogP contribution >= 0.6 is 8.25 Å². The van der Waals surface area contributed by atoms with Crippen LogP contribution in [0.1, 0.15) is 51.3 Å². The predicted molar refractivity (Wildman–Crippen MR) is 276 cm³/mol. The summed E-state index contributed by atoms with van der Waals surface area (Å²) in [4.78, 5) is 29.3. The highest BCUT2D eigenvalue weighted by molar-refractivity contribution is 7.33. The van der Waals surface area contributed by atoms with Crippen molar-refractivity contribution in [1.29, 1.82) is 0 Å². The predicted octanol–water partition coefficient (Wildman–Crippen LogP) is 8.70. The van der Waals surface area contributed by atoms with Crippen LogP contribution in [0, 0.1) is 0 Å². The summed E-state index contributed by atoms with van der Waals surface area (Å²) in [6.07, 6.45) is -1.36. The molecule has 8 atom stereocenters. The molecule has 4 aliphatic heterocycles. The molecule has 0 radical (unpaired) electrons. The number of hydrogen-bond acceptors (Lipinski definition) is 19. The molecule has 0 saturated carbocycles. The Kier molecular flexibility index (Phi) is 14.1. The largest absolute Gasteiger partial charge is 0.702 e. The van der Waals surface area contributed by atoms with E-state index in [1.807, 2.05) is 158 Å². The Hall–Kier alpha value is -6.72. The number of hydrogen-bond donors (Lipinski definition) is 2. The van der Waals surface area contributed by atoms with Gasteiger partial charge in [0.15, 0.2) is 69.6 Å². The molecule has 0 spiro atoms. The molecule has 4 fully saturated rings. The zero-order valence-corrected chi connectivity index (χ0v) is 43.0. The molecular formula is C54H56N10O11P+. The lowest BCUT2D eigenvalue weighted by atomic mass is 10.1. The zero-order valence-electron chi connectivity index (χ0n) is 42.1. The molecule has 0 bridgehead atoms. The zero-order chi connectivity index (χ0) is 51.8. The molecule has 22 heteroatoms. The molecule has 12 rings (SSSR count). The van der Waals surface area contributed by atoms with E-state index in [4.69, 9.17) is 76.8 Å². The fourth-order valence-electron chi connectivity index (χ4n) is 10.0. The lowest BCUT2D eigenvalue weighted by Gasteiger charge is -2.24. The van der Waals surface area contributed by atoms with E-state index in [1.165, 1.54) is 0 Å². The maximum atomic E-state index is 12.9. The highest BCUT2D eigenvalue weighted by atomic mass is 31.1. The van der Waals surface area contributed by atoms with Crippen LogP contribution in [0.2, 0.25) is 0 Å². The summed E-state index contributed by atoms with van der Waals surface area (Å²) in [5.74, 6) is 0.376. The van der Waals surface area contributed by atoms with Crippen molar-refractivity contribution in [2.45, 2.75) is 101 Å². The fraction of sp³-hybridized carbons (Fsp3) is 0.370. The van der Waals surface area contributed by atoms with Gasteiger partial charge >= 0.3 is 8.25 Å². The lowest BCUT2D eigenvalue weighted by Crippen LogP contribution is -2.33. The van der Waals surface area contributed by atoms with Crippen molar-refractivity contribution in [1.82, 2.24) is 39.0 Å². The number of fused-ring (bicyclic) bond motifs is 4. The number of ether oxygens (including phenoxy) is 8. The quantitative estimate of drug-likeness (QED) is 0.0414. The van der Waals surface area contributed by atoms with Gasteiger partial charge in [0.05, 0.1) is 25.9 Å². The number of aromatic nitrogens is 8. The summed E-state index contributed by atoms with van der Waals surface area (Å²) in [7, 11) is -2.64. The van der Waals surface area contributed by atoms with E-state index in [-0.39, 0.29) is 26.8 Å². The van der Waals surface area contributed by atoms with Gasteiger partial charge in [0.2, 0.25) is 13.6 Å². The third kappa shape index (κ3) is 10.6. The molecule has 8 aromatic rings. The van der Waals surface area contributed by atoms with Gasteiger partial charge in [-0.3, -0.25) is 9.13 Å². The molecule has 392 valence electrons. The van der Waals surface area contributed by atoms with Crippen LogP contribution in [-0.2, 0) is 64.6 Å². The van der Waals surface area contributed by atoms with Crippen LogP contribution < -0.4 is 10.6 Å². The molecule has 0 aliphatic carbocycles. The highest BCUT2D eigenvalue weighted by Gasteiger charge is 2.57. The van der Waals surface area contributed by atoms with Gasteiger partial charge in [-0.15, -0.1) is 0 Å². The van der Waals surface area contributed by atoms with E-state index >= 15 is 0 Å². The molecule has 4 saturated heterocycles. The van der Waals surface area contributed by atoms with E-state index in [9.17, 15) is 4.57 Å². The lowest BCUT2D eigenvalue weighted by molar-refractivity contribution is -0.204. The van der Waals surface area contributed by atoms with Gasteiger partial charge in [-0.1, -0.05) is 130 Å². The third-order valence-corrected chi connectivity index (χ3v) is 14.0. The molecule has 0 amide bonds. The van der Waals surface area contributed by atoms with E-state index in [0.29, 0.717) is 58.7 Å². The van der Waals surface area contributed by atoms with Crippen LogP contribution in [0.25, 0.3) is 45.1 Å². The standard InChI is InChI=1S/C54H56N10O11P/c1-53(2)72-41-37(70-51(43(41)74-53)63-29-57-39-47(55-25-33-17-9-5-10-18-33)59-45(61-49(39)63)35-21-13-7-14-22-35)27-66-31-68-76(65)69-32-67-28-38-42-44(75-54(3,4)73-42)52(71-38)64-30-58-40-48(56-26-34-19-11-6-12-20-34)60-46(62-50(40)64)36-23-15-8-16-24-36/h5-24,29-30,37-38,41-44,51-52H,25-28,31-32H2,1-4H3,(H,55,59,61)(H,56,60,62)/q+1/t37-,38-,41-,42-,43-,44-,51-,52-/m1/s1. The fourth-order valence-corrected chi connectivity index (χ4v) is 10.4. The SMILES string of the molecule is CC1(C)O[C@@H]2[C@H](O1)[C@@H](COCO[P+](=O)OCOC[C@H]1O[C@@H](n3cnc4c(NCc5ccccc5)nc(-c5ccccc5)nc43)[C@@H]3OC(C)(C)O[C@@H]31)O[C@H]2n1cnc2c(NCc3ccccc3)nc(-c3ccccc3)nc21. The summed E-state index contributed by atoms with van der Waals surface area (Å²) < 4.78 is 78.1. The summed E-state index contributed by atoms with van der Waals surface area (Å²) in [5, 5.41) is 6.94. The number of nitrogens with zero attached hydrogens (tertiary/aromatic N) is 8. The normalized spacial score (nSPS) is 24.3. The Bertz CT molecular complexity index is 3090. The summed E-state index contributed by atoms with van der Waals surface area (Å²) in [5.41, 5.74) is 6.11. The van der Waals surface area contributed by atoms with Gasteiger partial charge in [-0.05, 0) is 38.8 Å². The molecule has 8 heterocycles. The third-order valence-electron chi connectivity index (χ3n) is 13.4. The molecule has 0 unspecified atom stereocenters. The first-order chi connectivity index (χ1) is 37.0. The summed E-state index contributed by atoms with van der Waals surface area (Å²) in [6.45, 7) is 7.79. The average Bonchev–Trinajstić information content (AvgIpc) is 4.38. The van der Waals surface area contributed by atoms with Crippen LogP contribution in [0.5, 0.6) is 0 Å². The van der Waals surface area contributed by atoms with Gasteiger partial charge in [0, 0.05) is 28.8 Å². The maximum absolute atomic E-state index is 12.9. The second-order valence-electron chi connectivity index (χ2n) is 19.6. The smallest absolute Gasteiger partial charge is 0.364 e. The molecule has 21 nitrogen and oxygen atoms in total. The van der Waals surface area contributed by atoms with E-state index < -0.39 is 68.9 Å². The van der Waals surface area contributed by atoms with Gasteiger partial charge in [0.25, 0.3) is 0 Å². The average molecular weight is 1050 g/mol. The topological polar surface area (TPSA) is 221 Å². The number of nitrogens with one attached hydrogen (secondary N) is 2. The Morgan fingerprint density at radius 2 is 0.908 bits per heavy atom. The molecule has 4 aromatic carbocycles. The van der Waals surface area contributed by atoms with Crippen LogP contribution in [-0.4, -0.2) is 114 Å². The number of imidazole rings is 2. The molecule has 4 aromatic heterocycles. The van der Waals surface area contributed by atoms with E-state index in [1.54, 1.807) is 12.7 Å². The van der Waals surface area contributed by atoms with Gasteiger partial charge < -0.3 is 48.5 Å². The van der Waals surface area contributed by atoms with Crippen molar-refractivity contribution in [3.63, 3.8) is 0 Å². The van der Waals surface area contributed by atoms with E-state index in [0.717, 1.165) is 22.3 Å². The Morgan fingerprint density at radius 1 is 0.526 bits per heavy atom. The van der Waals surface area contributed by atoms with Crippen molar-refractivity contribution in [3.8, 4) is 22.8 Å². The Morgan fingerprint density at radius 3 is 1.32 bits per heavy atom. The molecule has 2 N–H and O–H groups in total. The highest BCUT2D eigenvalue weighted by Crippen LogP contribution is 2.46. The first kappa shape index (κ1) is 50.1. The van der Waals surface area contributed by atoms with Crippen molar-refractivity contribution < 1.29 is 51.5 Å². The molecule has 76 heavy (non-hydrogen) atoms. The van der Waals surface area contributed by atoms with Gasteiger partial charge in [0.1, 0.15) is 36.6 Å². The maximum Gasteiger partial charge on any atom is 0.702 e. The van der Waals surface area contributed by atoms with Gasteiger partial charge in [-0.25, -0.2) is 29.9 Å². The number of anilines is 2. The second kappa shape index (κ2) is 21.4.